The highest BCUT2D eigenvalue weighted by atomic mass is 32.2. The van der Waals surface area contributed by atoms with Crippen LogP contribution < -0.4 is 4.72 Å². The maximum atomic E-state index is 12.4. The SMILES string of the molecule is CCOC(=O)c1cccc(NS(=O)(=O)c2cccc(C(C)=O)c2)c1. The lowest BCUT2D eigenvalue weighted by molar-refractivity contribution is 0.0526. The average Bonchev–Trinajstić information content (AvgIpc) is 2.55. The second-order valence-electron chi connectivity index (χ2n) is 4.99. The highest BCUT2D eigenvalue weighted by Gasteiger charge is 2.16. The molecule has 126 valence electrons. The molecule has 6 nitrogen and oxygen atoms in total. The number of benzene rings is 2. The van der Waals surface area contributed by atoms with Crippen LogP contribution in [-0.4, -0.2) is 26.8 Å². The van der Waals surface area contributed by atoms with Gasteiger partial charge in [-0.15, -0.1) is 0 Å². The Hall–Kier alpha value is -2.67. The van der Waals surface area contributed by atoms with Crippen LogP contribution in [0.25, 0.3) is 0 Å². The molecular formula is C17H17NO5S. The first-order valence-electron chi connectivity index (χ1n) is 7.24. The maximum Gasteiger partial charge on any atom is 0.338 e. The maximum absolute atomic E-state index is 12.4. The zero-order valence-electron chi connectivity index (χ0n) is 13.3. The van der Waals surface area contributed by atoms with Crippen molar-refractivity contribution in [1.29, 1.82) is 0 Å². The number of carbonyl (C=O) groups excluding carboxylic acids is 2. The molecule has 2 rings (SSSR count). The largest absolute Gasteiger partial charge is 0.462 e. The Morgan fingerprint density at radius 2 is 1.71 bits per heavy atom. The highest BCUT2D eigenvalue weighted by Crippen LogP contribution is 2.19. The summed E-state index contributed by atoms with van der Waals surface area (Å²) in [4.78, 5) is 23.1. The molecule has 0 heterocycles. The summed E-state index contributed by atoms with van der Waals surface area (Å²) >= 11 is 0. The summed E-state index contributed by atoms with van der Waals surface area (Å²) < 4.78 is 32.2. The average molecular weight is 347 g/mol. The summed E-state index contributed by atoms with van der Waals surface area (Å²) in [7, 11) is -3.88. The molecule has 0 atom stereocenters. The van der Waals surface area contributed by atoms with Crippen molar-refractivity contribution in [3.05, 3.63) is 59.7 Å². The molecule has 7 heteroatoms. The van der Waals surface area contributed by atoms with Crippen LogP contribution in [-0.2, 0) is 14.8 Å². The van der Waals surface area contributed by atoms with Gasteiger partial charge in [0, 0.05) is 11.3 Å². The normalized spacial score (nSPS) is 10.9. The molecule has 24 heavy (non-hydrogen) atoms. The Bertz CT molecular complexity index is 874. The summed E-state index contributed by atoms with van der Waals surface area (Å²) in [5.74, 6) is -0.756. The number of rotatable bonds is 6. The molecule has 0 saturated carbocycles. The number of carbonyl (C=O) groups is 2. The zero-order valence-corrected chi connectivity index (χ0v) is 14.1. The Morgan fingerprint density at radius 1 is 1.04 bits per heavy atom. The predicted molar refractivity (Wildman–Crippen MR) is 89.7 cm³/mol. The van der Waals surface area contributed by atoms with Crippen molar-refractivity contribution < 1.29 is 22.7 Å². The first-order chi connectivity index (χ1) is 11.3. The Morgan fingerprint density at radius 3 is 2.38 bits per heavy atom. The fraction of sp³-hybridized carbons (Fsp3) is 0.176. The summed E-state index contributed by atoms with van der Waals surface area (Å²) in [5.41, 5.74) is 0.779. The molecule has 1 N–H and O–H groups in total. The van der Waals surface area contributed by atoms with E-state index in [0.29, 0.717) is 5.56 Å². The molecule has 0 unspecified atom stereocenters. The van der Waals surface area contributed by atoms with E-state index in [1.54, 1.807) is 19.1 Å². The smallest absolute Gasteiger partial charge is 0.338 e. The van der Waals surface area contributed by atoms with E-state index < -0.39 is 16.0 Å². The van der Waals surface area contributed by atoms with Gasteiger partial charge in [0.2, 0.25) is 0 Å². The van der Waals surface area contributed by atoms with Gasteiger partial charge in [-0.2, -0.15) is 0 Å². The number of nitrogens with one attached hydrogen (secondary N) is 1. The number of ketones is 1. The fourth-order valence-electron chi connectivity index (χ4n) is 2.02. The minimum Gasteiger partial charge on any atom is -0.462 e. The zero-order chi connectivity index (χ0) is 17.7. The van der Waals surface area contributed by atoms with Gasteiger partial charge in [-0.05, 0) is 44.2 Å². The van der Waals surface area contributed by atoms with Crippen molar-refractivity contribution in [3.63, 3.8) is 0 Å². The number of hydrogen-bond donors (Lipinski definition) is 1. The number of hydrogen-bond acceptors (Lipinski definition) is 5. The van der Waals surface area contributed by atoms with Crippen molar-refractivity contribution >= 4 is 27.5 Å². The molecule has 0 aromatic heterocycles. The van der Waals surface area contributed by atoms with Gasteiger partial charge >= 0.3 is 5.97 Å². The standard InChI is InChI=1S/C17H17NO5S/c1-3-23-17(20)14-7-4-8-15(10-14)18-24(21,22)16-9-5-6-13(11-16)12(2)19/h4-11,18H,3H2,1-2H3. The van der Waals surface area contributed by atoms with Crippen LogP contribution in [0.2, 0.25) is 0 Å². The monoisotopic (exact) mass is 347 g/mol. The Kier molecular flexibility index (Phi) is 5.35. The number of ether oxygens (including phenoxy) is 1. The van der Waals surface area contributed by atoms with E-state index in [2.05, 4.69) is 4.72 Å². The molecule has 2 aromatic rings. The summed E-state index contributed by atoms with van der Waals surface area (Å²) in [6.45, 7) is 3.28. The number of anilines is 1. The Balaban J connectivity index is 2.29. The van der Waals surface area contributed by atoms with E-state index in [1.165, 1.54) is 43.3 Å². The van der Waals surface area contributed by atoms with Crippen molar-refractivity contribution in [2.24, 2.45) is 0 Å². The molecule has 0 amide bonds. The molecule has 0 spiro atoms. The van der Waals surface area contributed by atoms with Crippen molar-refractivity contribution in [1.82, 2.24) is 0 Å². The van der Waals surface area contributed by atoms with E-state index in [4.69, 9.17) is 4.74 Å². The topological polar surface area (TPSA) is 89.5 Å². The number of esters is 1. The van der Waals surface area contributed by atoms with Crippen LogP contribution in [0.4, 0.5) is 5.69 Å². The minimum atomic E-state index is -3.88. The molecule has 0 fully saturated rings. The third kappa shape index (κ3) is 4.20. The molecule has 2 aromatic carbocycles. The van der Waals surface area contributed by atoms with Gasteiger partial charge in [0.25, 0.3) is 10.0 Å². The van der Waals surface area contributed by atoms with Gasteiger partial charge in [0.1, 0.15) is 0 Å². The second kappa shape index (κ2) is 7.27. The van der Waals surface area contributed by atoms with E-state index >= 15 is 0 Å². The first kappa shape index (κ1) is 17.7. The van der Waals surface area contributed by atoms with Crippen molar-refractivity contribution in [2.75, 3.05) is 11.3 Å². The summed E-state index contributed by atoms with van der Waals surface area (Å²) in [6.07, 6.45) is 0. The quantitative estimate of drug-likeness (QED) is 0.641. The Labute approximate surface area is 140 Å². The van der Waals surface area contributed by atoms with Crippen LogP contribution in [0.15, 0.2) is 53.4 Å². The van der Waals surface area contributed by atoms with E-state index in [0.717, 1.165) is 0 Å². The molecule has 0 aliphatic carbocycles. The van der Waals surface area contributed by atoms with E-state index in [-0.39, 0.29) is 28.5 Å². The van der Waals surface area contributed by atoms with Crippen LogP contribution in [0, 0.1) is 0 Å². The lowest BCUT2D eigenvalue weighted by Crippen LogP contribution is -2.14. The van der Waals surface area contributed by atoms with Gasteiger partial charge < -0.3 is 4.74 Å². The number of Topliss-reactive ketones (excluding diaryl/α,β-unsaturated/α-hetero) is 1. The molecule has 0 radical (unpaired) electrons. The van der Waals surface area contributed by atoms with Crippen LogP contribution in [0.5, 0.6) is 0 Å². The highest BCUT2D eigenvalue weighted by molar-refractivity contribution is 7.92. The van der Waals surface area contributed by atoms with Crippen molar-refractivity contribution in [3.8, 4) is 0 Å². The molecule has 0 aliphatic heterocycles. The van der Waals surface area contributed by atoms with Crippen LogP contribution >= 0.6 is 0 Å². The minimum absolute atomic E-state index is 0.0308. The van der Waals surface area contributed by atoms with Gasteiger partial charge in [-0.1, -0.05) is 18.2 Å². The first-order valence-corrected chi connectivity index (χ1v) is 8.73. The number of sulfonamides is 1. The third-order valence-electron chi connectivity index (χ3n) is 3.18. The van der Waals surface area contributed by atoms with Gasteiger partial charge in [-0.3, -0.25) is 9.52 Å². The van der Waals surface area contributed by atoms with E-state index in [9.17, 15) is 18.0 Å². The van der Waals surface area contributed by atoms with Gasteiger partial charge in [0.05, 0.1) is 17.1 Å². The van der Waals surface area contributed by atoms with Gasteiger partial charge in [0.15, 0.2) is 5.78 Å². The fourth-order valence-corrected chi connectivity index (χ4v) is 3.12. The molecular weight excluding hydrogens is 330 g/mol. The molecule has 0 bridgehead atoms. The third-order valence-corrected chi connectivity index (χ3v) is 4.56. The summed E-state index contributed by atoms with van der Waals surface area (Å²) in [5, 5.41) is 0. The van der Waals surface area contributed by atoms with Crippen LogP contribution in [0.1, 0.15) is 34.6 Å². The second-order valence-corrected chi connectivity index (χ2v) is 6.67. The predicted octanol–water partition coefficient (Wildman–Crippen LogP) is 2.87. The molecule has 0 saturated heterocycles. The van der Waals surface area contributed by atoms with Crippen LogP contribution in [0.3, 0.4) is 0 Å². The molecule has 0 aliphatic rings. The summed E-state index contributed by atoms with van der Waals surface area (Å²) in [6, 6.07) is 11.7. The van der Waals surface area contributed by atoms with E-state index in [1.807, 2.05) is 0 Å². The lowest BCUT2D eigenvalue weighted by Gasteiger charge is -2.10. The lowest BCUT2D eigenvalue weighted by atomic mass is 10.2. The van der Waals surface area contributed by atoms with Gasteiger partial charge in [-0.25, -0.2) is 13.2 Å². The van der Waals surface area contributed by atoms with Crippen molar-refractivity contribution in [2.45, 2.75) is 18.7 Å².